The zero-order valence-electron chi connectivity index (χ0n) is 6.50. The van der Waals surface area contributed by atoms with Crippen molar-refractivity contribution >= 4 is 22.6 Å². The highest BCUT2D eigenvalue weighted by Gasteiger charge is 2.13. The number of halogens is 1. The van der Waals surface area contributed by atoms with Gasteiger partial charge in [-0.15, -0.1) is 0 Å². The number of aryl methyl sites for hydroxylation is 1. The average Bonchev–Trinajstić information content (AvgIpc) is 2.42. The maximum Gasteiger partial charge on any atom is 0.327 e. The van der Waals surface area contributed by atoms with Crippen LogP contribution < -0.4 is 4.73 Å². The normalized spacial score (nSPS) is 10.8. The van der Waals surface area contributed by atoms with Gasteiger partial charge in [0.2, 0.25) is 0 Å². The van der Waals surface area contributed by atoms with E-state index in [-0.39, 0.29) is 0 Å². The molecule has 0 saturated heterocycles. The monoisotopic (exact) mass is 183 g/mol. The van der Waals surface area contributed by atoms with E-state index in [1.54, 1.807) is 6.07 Å². The molecule has 4 heteroatoms. The summed E-state index contributed by atoms with van der Waals surface area (Å²) < 4.78 is 1.02. The highest BCUT2D eigenvalue weighted by molar-refractivity contribution is 6.35. The van der Waals surface area contributed by atoms with Crippen LogP contribution in [0.3, 0.4) is 0 Å². The van der Waals surface area contributed by atoms with Gasteiger partial charge in [-0.3, -0.25) is 0 Å². The van der Waals surface area contributed by atoms with Crippen molar-refractivity contribution in [3.8, 4) is 0 Å². The SMILES string of the molecule is Cc1c[nH]c2c1c(Cl)cc[n+]2O. The minimum Gasteiger partial charge on any atom is -0.350 e. The van der Waals surface area contributed by atoms with Crippen molar-refractivity contribution in [2.45, 2.75) is 6.92 Å². The van der Waals surface area contributed by atoms with Crippen molar-refractivity contribution < 1.29 is 9.94 Å². The molecule has 0 fully saturated rings. The van der Waals surface area contributed by atoms with Crippen molar-refractivity contribution in [2.75, 3.05) is 0 Å². The lowest BCUT2D eigenvalue weighted by atomic mass is 10.2. The first kappa shape index (κ1) is 7.43. The van der Waals surface area contributed by atoms with Crippen molar-refractivity contribution in [1.82, 2.24) is 4.98 Å². The van der Waals surface area contributed by atoms with E-state index in [0.29, 0.717) is 10.7 Å². The molecule has 2 aromatic rings. The molecule has 0 aliphatic heterocycles. The summed E-state index contributed by atoms with van der Waals surface area (Å²) in [5, 5.41) is 10.8. The first-order chi connectivity index (χ1) is 5.70. The second kappa shape index (κ2) is 2.38. The van der Waals surface area contributed by atoms with E-state index < -0.39 is 0 Å². The molecule has 2 aromatic heterocycles. The third-order valence-corrected chi connectivity index (χ3v) is 2.20. The van der Waals surface area contributed by atoms with E-state index in [1.165, 1.54) is 6.20 Å². The molecule has 2 N–H and O–H groups in total. The number of aromatic nitrogens is 2. The largest absolute Gasteiger partial charge is 0.350 e. The van der Waals surface area contributed by atoms with Gasteiger partial charge in [0.25, 0.3) is 0 Å². The Labute approximate surface area is 74.2 Å². The number of nitrogens with zero attached hydrogens (tertiary/aromatic N) is 1. The predicted molar refractivity (Wildman–Crippen MR) is 45.4 cm³/mol. The van der Waals surface area contributed by atoms with Gasteiger partial charge in [-0.2, -0.15) is 0 Å². The number of fused-ring (bicyclic) bond motifs is 1. The number of hydrogen-bond donors (Lipinski definition) is 2. The fraction of sp³-hybridized carbons (Fsp3) is 0.125. The summed E-state index contributed by atoms with van der Waals surface area (Å²) in [6.07, 6.45) is 3.31. The molecule has 0 aromatic carbocycles. The summed E-state index contributed by atoms with van der Waals surface area (Å²) in [6, 6.07) is 1.66. The molecule has 0 aliphatic carbocycles. The minimum absolute atomic E-state index is 0.625. The Morgan fingerprint density at radius 1 is 1.58 bits per heavy atom. The third kappa shape index (κ3) is 0.865. The Balaban J connectivity index is 2.98. The standard InChI is InChI=1S/C8H7ClN2O/c1-5-4-10-8-7(5)6(9)2-3-11(8)12/h2-4,12H,1H3/p+1. The van der Waals surface area contributed by atoms with Crippen LogP contribution in [0.1, 0.15) is 5.56 Å². The molecule has 3 nitrogen and oxygen atoms in total. The number of hydrogen-bond acceptors (Lipinski definition) is 1. The lowest BCUT2D eigenvalue weighted by Gasteiger charge is -1.92. The molecular weight excluding hydrogens is 176 g/mol. The molecule has 0 aliphatic rings. The Hall–Kier alpha value is -1.22. The number of rotatable bonds is 0. The maximum absolute atomic E-state index is 9.34. The van der Waals surface area contributed by atoms with Gasteiger partial charge in [-0.05, 0) is 6.92 Å². The smallest absolute Gasteiger partial charge is 0.327 e. The first-order valence-corrected chi connectivity index (χ1v) is 3.95. The van der Waals surface area contributed by atoms with Gasteiger partial charge in [-0.1, -0.05) is 16.3 Å². The second-order valence-corrected chi connectivity index (χ2v) is 3.11. The van der Waals surface area contributed by atoms with Crippen molar-refractivity contribution in [2.24, 2.45) is 0 Å². The molecule has 0 radical (unpaired) electrons. The van der Waals surface area contributed by atoms with E-state index in [0.717, 1.165) is 15.7 Å². The molecule has 62 valence electrons. The average molecular weight is 184 g/mol. The highest BCUT2D eigenvalue weighted by Crippen LogP contribution is 2.22. The lowest BCUT2D eigenvalue weighted by molar-refractivity contribution is -0.885. The van der Waals surface area contributed by atoms with Gasteiger partial charge in [0, 0.05) is 11.6 Å². The number of nitrogens with one attached hydrogen (secondary N) is 1. The summed E-state index contributed by atoms with van der Waals surface area (Å²) in [5.74, 6) is 0. The fourth-order valence-corrected chi connectivity index (χ4v) is 1.58. The van der Waals surface area contributed by atoms with Gasteiger partial charge >= 0.3 is 5.65 Å². The summed E-state index contributed by atoms with van der Waals surface area (Å²) >= 11 is 5.93. The molecule has 0 saturated carbocycles. The molecule has 0 unspecified atom stereocenters. The summed E-state index contributed by atoms with van der Waals surface area (Å²) in [7, 11) is 0. The van der Waals surface area contributed by atoms with Crippen LogP contribution in [0.2, 0.25) is 5.02 Å². The van der Waals surface area contributed by atoms with E-state index in [9.17, 15) is 5.21 Å². The quantitative estimate of drug-likeness (QED) is 0.473. The first-order valence-electron chi connectivity index (χ1n) is 3.57. The molecule has 12 heavy (non-hydrogen) atoms. The topological polar surface area (TPSA) is 39.9 Å². The third-order valence-electron chi connectivity index (χ3n) is 1.89. The van der Waals surface area contributed by atoms with Crippen molar-refractivity contribution in [1.29, 1.82) is 0 Å². The number of aromatic amines is 1. The predicted octanol–water partition coefficient (Wildman–Crippen LogP) is 1.65. The number of pyridine rings is 1. The van der Waals surface area contributed by atoms with E-state index in [4.69, 9.17) is 11.6 Å². The van der Waals surface area contributed by atoms with E-state index >= 15 is 0 Å². The van der Waals surface area contributed by atoms with Crippen molar-refractivity contribution in [3.63, 3.8) is 0 Å². The van der Waals surface area contributed by atoms with Crippen LogP contribution in [0, 0.1) is 6.92 Å². The zero-order valence-corrected chi connectivity index (χ0v) is 7.26. The zero-order chi connectivity index (χ0) is 8.72. The maximum atomic E-state index is 9.34. The van der Waals surface area contributed by atoms with Crippen LogP contribution in [-0.4, -0.2) is 10.2 Å². The fourth-order valence-electron chi connectivity index (χ4n) is 1.28. The Bertz CT molecular complexity index is 436. The van der Waals surface area contributed by atoms with Crippen molar-refractivity contribution in [3.05, 3.63) is 29.0 Å². The van der Waals surface area contributed by atoms with Crippen LogP contribution in [0.4, 0.5) is 0 Å². The summed E-state index contributed by atoms with van der Waals surface area (Å²) in [6.45, 7) is 1.94. The molecule has 2 rings (SSSR count). The molecule has 0 spiro atoms. The lowest BCUT2D eigenvalue weighted by Crippen LogP contribution is -2.30. The second-order valence-electron chi connectivity index (χ2n) is 2.70. The molecule has 0 bridgehead atoms. The Morgan fingerprint density at radius 2 is 2.33 bits per heavy atom. The molecule has 0 amide bonds. The van der Waals surface area contributed by atoms with Crippen LogP contribution in [0.25, 0.3) is 11.0 Å². The van der Waals surface area contributed by atoms with Gasteiger partial charge in [0.1, 0.15) is 6.20 Å². The minimum atomic E-state index is 0.625. The summed E-state index contributed by atoms with van der Waals surface area (Å²) in [5.41, 5.74) is 1.65. The highest BCUT2D eigenvalue weighted by atomic mass is 35.5. The van der Waals surface area contributed by atoms with E-state index in [2.05, 4.69) is 4.98 Å². The van der Waals surface area contributed by atoms with Gasteiger partial charge in [0.05, 0.1) is 16.6 Å². The Morgan fingerprint density at radius 3 is 3.00 bits per heavy atom. The Kier molecular flexibility index (Phi) is 1.48. The van der Waals surface area contributed by atoms with Crippen LogP contribution in [0.15, 0.2) is 18.5 Å². The van der Waals surface area contributed by atoms with E-state index in [1.807, 2.05) is 13.1 Å². The van der Waals surface area contributed by atoms with Gasteiger partial charge in [-0.25, -0.2) is 4.98 Å². The van der Waals surface area contributed by atoms with Crippen LogP contribution in [0.5, 0.6) is 0 Å². The summed E-state index contributed by atoms with van der Waals surface area (Å²) in [4.78, 5) is 2.93. The molecule has 2 heterocycles. The van der Waals surface area contributed by atoms with Gasteiger partial charge in [0.15, 0.2) is 0 Å². The van der Waals surface area contributed by atoms with Gasteiger partial charge < -0.3 is 5.21 Å². The van der Waals surface area contributed by atoms with Crippen LogP contribution in [-0.2, 0) is 0 Å². The van der Waals surface area contributed by atoms with Crippen LogP contribution >= 0.6 is 11.6 Å². The molecule has 0 atom stereocenters. The number of H-pyrrole nitrogens is 1. The molecular formula is C8H8ClN2O+.